The number of pyridine rings is 1. The predicted octanol–water partition coefficient (Wildman–Crippen LogP) is 2.35. The first-order chi connectivity index (χ1) is 13.6. The SMILES string of the molecule is O=C(NCc1ccc(-n2ccnc2)nc1)C1CC(c2c(F)cccc2F)=NO1. The fourth-order valence-electron chi connectivity index (χ4n) is 2.81. The van der Waals surface area contributed by atoms with Crippen molar-refractivity contribution in [2.24, 2.45) is 5.16 Å². The van der Waals surface area contributed by atoms with Gasteiger partial charge in [0.15, 0.2) is 0 Å². The Balaban J connectivity index is 1.34. The van der Waals surface area contributed by atoms with Crippen molar-refractivity contribution >= 4 is 11.6 Å². The Bertz CT molecular complexity index is 999. The van der Waals surface area contributed by atoms with E-state index in [9.17, 15) is 13.6 Å². The zero-order valence-electron chi connectivity index (χ0n) is 14.5. The number of nitrogens with zero attached hydrogens (tertiary/aromatic N) is 4. The highest BCUT2D eigenvalue weighted by atomic mass is 19.1. The van der Waals surface area contributed by atoms with E-state index in [0.29, 0.717) is 5.82 Å². The maximum absolute atomic E-state index is 13.8. The fraction of sp³-hybridized carbons (Fsp3) is 0.158. The van der Waals surface area contributed by atoms with Crippen molar-refractivity contribution in [2.45, 2.75) is 19.1 Å². The average Bonchev–Trinajstić information content (AvgIpc) is 3.39. The molecule has 0 aliphatic carbocycles. The monoisotopic (exact) mass is 383 g/mol. The second kappa shape index (κ2) is 7.55. The van der Waals surface area contributed by atoms with Crippen LogP contribution in [-0.2, 0) is 16.2 Å². The number of hydrogen-bond acceptors (Lipinski definition) is 5. The minimum absolute atomic E-state index is 0.0124. The summed E-state index contributed by atoms with van der Waals surface area (Å²) in [6.45, 7) is 0.235. The van der Waals surface area contributed by atoms with E-state index in [1.54, 1.807) is 35.6 Å². The van der Waals surface area contributed by atoms with Gasteiger partial charge in [0, 0.05) is 31.6 Å². The van der Waals surface area contributed by atoms with Crippen LogP contribution in [0.2, 0.25) is 0 Å². The molecule has 2 aromatic heterocycles. The Hall–Kier alpha value is -3.62. The molecular formula is C19H15F2N5O2. The predicted molar refractivity (Wildman–Crippen MR) is 95.6 cm³/mol. The molecule has 1 aromatic carbocycles. The minimum Gasteiger partial charge on any atom is -0.382 e. The Labute approximate surface area is 158 Å². The van der Waals surface area contributed by atoms with E-state index in [1.165, 1.54) is 6.07 Å². The summed E-state index contributed by atoms with van der Waals surface area (Å²) >= 11 is 0. The highest BCUT2D eigenvalue weighted by molar-refractivity contribution is 6.04. The van der Waals surface area contributed by atoms with Gasteiger partial charge in [0.2, 0.25) is 6.10 Å². The molecular weight excluding hydrogens is 368 g/mol. The van der Waals surface area contributed by atoms with Crippen molar-refractivity contribution in [3.8, 4) is 5.82 Å². The first kappa shape index (κ1) is 17.8. The molecule has 1 atom stereocenters. The third-order valence-corrected chi connectivity index (χ3v) is 4.26. The number of amides is 1. The highest BCUT2D eigenvalue weighted by Crippen LogP contribution is 2.21. The van der Waals surface area contributed by atoms with Crippen LogP contribution in [0.15, 0.2) is 60.4 Å². The number of aromatic nitrogens is 3. The van der Waals surface area contributed by atoms with Gasteiger partial charge < -0.3 is 10.2 Å². The molecule has 0 bridgehead atoms. The molecule has 7 nitrogen and oxygen atoms in total. The summed E-state index contributed by atoms with van der Waals surface area (Å²) in [6, 6.07) is 7.16. The van der Waals surface area contributed by atoms with Gasteiger partial charge in [-0.2, -0.15) is 0 Å². The lowest BCUT2D eigenvalue weighted by molar-refractivity contribution is -0.131. The van der Waals surface area contributed by atoms with Gasteiger partial charge in [0.1, 0.15) is 23.8 Å². The molecule has 1 aliphatic rings. The average molecular weight is 383 g/mol. The van der Waals surface area contributed by atoms with Crippen molar-refractivity contribution in [2.75, 3.05) is 0 Å². The molecule has 0 saturated heterocycles. The van der Waals surface area contributed by atoms with Crippen molar-refractivity contribution in [1.82, 2.24) is 19.9 Å². The summed E-state index contributed by atoms with van der Waals surface area (Å²) in [7, 11) is 0. The number of halogens is 2. The van der Waals surface area contributed by atoms with E-state index in [1.807, 2.05) is 6.07 Å². The smallest absolute Gasteiger partial charge is 0.264 e. The quantitative estimate of drug-likeness (QED) is 0.733. The lowest BCUT2D eigenvalue weighted by Crippen LogP contribution is -2.34. The number of imidazole rings is 1. The summed E-state index contributed by atoms with van der Waals surface area (Å²) in [5.41, 5.74) is 0.593. The summed E-state index contributed by atoms with van der Waals surface area (Å²) in [6.07, 6.45) is 5.76. The summed E-state index contributed by atoms with van der Waals surface area (Å²) in [4.78, 5) is 25.6. The molecule has 3 aromatic rings. The molecule has 3 heterocycles. The Morgan fingerprint density at radius 3 is 2.75 bits per heavy atom. The number of carbonyl (C=O) groups is 1. The molecule has 0 spiro atoms. The first-order valence-corrected chi connectivity index (χ1v) is 8.50. The number of carbonyl (C=O) groups excluding carboxylic acids is 1. The van der Waals surface area contributed by atoms with E-state index >= 15 is 0 Å². The topological polar surface area (TPSA) is 81.4 Å². The molecule has 0 radical (unpaired) electrons. The maximum Gasteiger partial charge on any atom is 0.264 e. The first-order valence-electron chi connectivity index (χ1n) is 8.50. The Kier molecular flexibility index (Phi) is 4.79. The van der Waals surface area contributed by atoms with Gasteiger partial charge in [-0.05, 0) is 23.8 Å². The lowest BCUT2D eigenvalue weighted by atomic mass is 10.0. The van der Waals surface area contributed by atoms with E-state index in [4.69, 9.17) is 4.84 Å². The standard InChI is InChI=1S/C19H15F2N5O2/c20-13-2-1-3-14(21)18(13)15-8-16(28-25-15)19(27)24-10-12-4-5-17(23-9-12)26-7-6-22-11-26/h1-7,9,11,16H,8,10H2,(H,24,27). The third kappa shape index (κ3) is 3.59. The highest BCUT2D eigenvalue weighted by Gasteiger charge is 2.31. The molecule has 1 unspecified atom stereocenters. The van der Waals surface area contributed by atoms with Crippen LogP contribution in [0.1, 0.15) is 17.5 Å². The van der Waals surface area contributed by atoms with E-state index in [0.717, 1.165) is 17.7 Å². The van der Waals surface area contributed by atoms with Crippen LogP contribution in [0.5, 0.6) is 0 Å². The molecule has 28 heavy (non-hydrogen) atoms. The van der Waals surface area contributed by atoms with Gasteiger partial charge in [-0.25, -0.2) is 18.7 Å². The molecule has 1 aliphatic heterocycles. The van der Waals surface area contributed by atoms with Crippen LogP contribution in [0.25, 0.3) is 5.82 Å². The summed E-state index contributed by atoms with van der Waals surface area (Å²) in [5, 5.41) is 6.39. The minimum atomic E-state index is -0.938. The van der Waals surface area contributed by atoms with Crippen LogP contribution in [-0.4, -0.2) is 32.3 Å². The lowest BCUT2D eigenvalue weighted by Gasteiger charge is -2.10. The summed E-state index contributed by atoms with van der Waals surface area (Å²) < 4.78 is 29.4. The number of hydrogen-bond donors (Lipinski definition) is 1. The van der Waals surface area contributed by atoms with E-state index < -0.39 is 23.6 Å². The van der Waals surface area contributed by atoms with E-state index in [-0.39, 0.29) is 24.2 Å². The maximum atomic E-state index is 13.8. The van der Waals surface area contributed by atoms with E-state index in [2.05, 4.69) is 20.4 Å². The van der Waals surface area contributed by atoms with Crippen LogP contribution >= 0.6 is 0 Å². The third-order valence-electron chi connectivity index (χ3n) is 4.26. The van der Waals surface area contributed by atoms with Crippen molar-refractivity contribution < 1.29 is 18.4 Å². The molecule has 0 saturated carbocycles. The molecule has 4 rings (SSSR count). The number of rotatable bonds is 5. The van der Waals surface area contributed by atoms with Crippen LogP contribution in [0.4, 0.5) is 8.78 Å². The van der Waals surface area contributed by atoms with Gasteiger partial charge in [-0.15, -0.1) is 0 Å². The second-order valence-electron chi connectivity index (χ2n) is 6.15. The zero-order chi connectivity index (χ0) is 19.5. The van der Waals surface area contributed by atoms with Crippen molar-refractivity contribution in [3.05, 3.63) is 78.0 Å². The molecule has 1 N–H and O–H groups in total. The largest absolute Gasteiger partial charge is 0.382 e. The number of benzene rings is 1. The van der Waals surface area contributed by atoms with Crippen LogP contribution in [0.3, 0.4) is 0 Å². The molecule has 1 amide bonds. The van der Waals surface area contributed by atoms with Gasteiger partial charge in [0.05, 0.1) is 11.3 Å². The Morgan fingerprint density at radius 2 is 2.07 bits per heavy atom. The van der Waals surface area contributed by atoms with Gasteiger partial charge in [-0.1, -0.05) is 17.3 Å². The van der Waals surface area contributed by atoms with Crippen molar-refractivity contribution in [1.29, 1.82) is 0 Å². The normalized spacial score (nSPS) is 15.8. The molecule has 0 fully saturated rings. The number of oxime groups is 1. The Morgan fingerprint density at radius 1 is 1.25 bits per heavy atom. The second-order valence-corrected chi connectivity index (χ2v) is 6.15. The summed E-state index contributed by atoms with van der Waals surface area (Å²) in [5.74, 6) is -1.20. The number of nitrogens with one attached hydrogen (secondary N) is 1. The van der Waals surface area contributed by atoms with Crippen molar-refractivity contribution in [3.63, 3.8) is 0 Å². The van der Waals surface area contributed by atoms with Crippen LogP contribution < -0.4 is 5.32 Å². The van der Waals surface area contributed by atoms with Gasteiger partial charge >= 0.3 is 0 Å². The molecule has 9 heteroatoms. The zero-order valence-corrected chi connectivity index (χ0v) is 14.5. The van der Waals surface area contributed by atoms with Crippen LogP contribution in [0, 0.1) is 11.6 Å². The molecule has 142 valence electrons. The van der Waals surface area contributed by atoms with Gasteiger partial charge in [0.25, 0.3) is 5.91 Å². The van der Waals surface area contributed by atoms with Gasteiger partial charge in [-0.3, -0.25) is 9.36 Å². The fourth-order valence-corrected chi connectivity index (χ4v) is 2.81.